The SMILES string of the molecule is N#CC(=CC1(N)CC1)C(=O)N1CCC[C@H](n2c(=O)n(-c3ccc(Oc4ccccc4)cc3)c3c(N)ncnc32)C1. The van der Waals surface area contributed by atoms with Gasteiger partial charge in [-0.2, -0.15) is 5.26 Å². The smallest absolute Gasteiger partial charge is 0.335 e. The van der Waals surface area contributed by atoms with Crippen LogP contribution in [0.2, 0.25) is 0 Å². The van der Waals surface area contributed by atoms with Gasteiger partial charge in [-0.25, -0.2) is 14.8 Å². The van der Waals surface area contributed by atoms with Crippen LogP contribution in [0.15, 0.2) is 77.4 Å². The van der Waals surface area contributed by atoms with Crippen molar-refractivity contribution in [2.24, 2.45) is 5.73 Å². The number of anilines is 1. The van der Waals surface area contributed by atoms with Crippen molar-refractivity contribution < 1.29 is 9.53 Å². The summed E-state index contributed by atoms with van der Waals surface area (Å²) in [5, 5.41) is 9.63. The van der Waals surface area contributed by atoms with E-state index in [0.29, 0.717) is 47.7 Å². The molecule has 40 heavy (non-hydrogen) atoms. The summed E-state index contributed by atoms with van der Waals surface area (Å²) < 4.78 is 8.97. The van der Waals surface area contributed by atoms with E-state index in [2.05, 4.69) is 9.97 Å². The van der Waals surface area contributed by atoms with Gasteiger partial charge in [0.2, 0.25) is 0 Å². The molecule has 2 fully saturated rings. The topological polar surface area (TPSA) is 158 Å². The lowest BCUT2D eigenvalue weighted by molar-refractivity contribution is -0.128. The maximum atomic E-state index is 14.0. The van der Waals surface area contributed by atoms with Crippen molar-refractivity contribution >= 4 is 22.9 Å². The predicted octanol–water partition coefficient (Wildman–Crippen LogP) is 3.06. The summed E-state index contributed by atoms with van der Waals surface area (Å²) in [6.45, 7) is 0.738. The fraction of sp³-hybridized carbons (Fsp3) is 0.276. The summed E-state index contributed by atoms with van der Waals surface area (Å²) >= 11 is 0. The summed E-state index contributed by atoms with van der Waals surface area (Å²) in [5.41, 5.74) is 12.9. The van der Waals surface area contributed by atoms with Crippen LogP contribution in [0.25, 0.3) is 16.9 Å². The van der Waals surface area contributed by atoms with Crippen LogP contribution in [0, 0.1) is 11.3 Å². The van der Waals surface area contributed by atoms with Crippen molar-refractivity contribution in [2.45, 2.75) is 37.3 Å². The van der Waals surface area contributed by atoms with E-state index in [-0.39, 0.29) is 35.6 Å². The number of para-hydroxylation sites is 1. The number of hydrogen-bond acceptors (Lipinski definition) is 8. The molecular weight excluding hydrogens is 508 g/mol. The van der Waals surface area contributed by atoms with Gasteiger partial charge in [-0.15, -0.1) is 0 Å². The van der Waals surface area contributed by atoms with Gasteiger partial charge in [0.1, 0.15) is 35.0 Å². The van der Waals surface area contributed by atoms with E-state index in [1.807, 2.05) is 36.4 Å². The van der Waals surface area contributed by atoms with Crippen LogP contribution < -0.4 is 21.9 Å². The number of aromatic nitrogens is 4. The quantitative estimate of drug-likeness (QED) is 0.281. The highest BCUT2D eigenvalue weighted by Gasteiger charge is 2.38. The van der Waals surface area contributed by atoms with E-state index in [4.69, 9.17) is 16.2 Å². The second kappa shape index (κ2) is 9.98. The number of imidazole rings is 1. The molecule has 2 aromatic heterocycles. The number of ether oxygens (including phenoxy) is 1. The second-order valence-electron chi connectivity index (χ2n) is 10.3. The Morgan fingerprint density at radius 3 is 2.52 bits per heavy atom. The highest BCUT2D eigenvalue weighted by Crippen LogP contribution is 2.35. The molecule has 1 aliphatic carbocycles. The largest absolute Gasteiger partial charge is 0.457 e. The summed E-state index contributed by atoms with van der Waals surface area (Å²) in [5.74, 6) is 1.11. The maximum absolute atomic E-state index is 14.0. The number of carbonyl (C=O) groups is 1. The minimum atomic E-state index is -0.573. The van der Waals surface area contributed by atoms with Crippen LogP contribution >= 0.6 is 0 Å². The van der Waals surface area contributed by atoms with Crippen molar-refractivity contribution in [3.63, 3.8) is 0 Å². The molecule has 0 radical (unpaired) electrons. The first kappa shape index (κ1) is 25.3. The zero-order chi connectivity index (χ0) is 27.9. The molecule has 3 heterocycles. The summed E-state index contributed by atoms with van der Waals surface area (Å²) in [6.07, 6.45) is 5.73. The van der Waals surface area contributed by atoms with Gasteiger partial charge in [0.15, 0.2) is 11.5 Å². The molecule has 0 bridgehead atoms. The number of nitrogens with two attached hydrogens (primary N) is 2. The van der Waals surface area contributed by atoms with Crippen molar-refractivity contribution in [3.8, 4) is 23.3 Å². The molecule has 4 N–H and O–H groups in total. The number of nitriles is 1. The van der Waals surface area contributed by atoms with Crippen LogP contribution in [-0.2, 0) is 4.79 Å². The first-order valence-corrected chi connectivity index (χ1v) is 13.1. The van der Waals surface area contributed by atoms with Crippen molar-refractivity contribution in [3.05, 3.63) is 83.1 Å². The molecular formula is C29H28N8O3. The van der Waals surface area contributed by atoms with Crippen LogP contribution in [0.5, 0.6) is 11.5 Å². The monoisotopic (exact) mass is 536 g/mol. The van der Waals surface area contributed by atoms with Gasteiger partial charge < -0.3 is 21.1 Å². The number of benzene rings is 2. The number of piperidine rings is 1. The van der Waals surface area contributed by atoms with Crippen molar-refractivity contribution in [2.75, 3.05) is 18.8 Å². The van der Waals surface area contributed by atoms with Gasteiger partial charge in [0, 0.05) is 18.6 Å². The van der Waals surface area contributed by atoms with Crippen LogP contribution in [0.3, 0.4) is 0 Å². The normalized spacial score (nSPS) is 18.4. The molecule has 0 spiro atoms. The Morgan fingerprint density at radius 1 is 1.10 bits per heavy atom. The number of rotatable bonds is 6. The van der Waals surface area contributed by atoms with Gasteiger partial charge in [0.25, 0.3) is 5.91 Å². The number of likely N-dealkylation sites (tertiary alicyclic amines) is 1. The molecule has 1 saturated carbocycles. The summed E-state index contributed by atoms with van der Waals surface area (Å²) in [7, 11) is 0. The molecule has 2 aliphatic rings. The molecule has 11 nitrogen and oxygen atoms in total. The Bertz CT molecular complexity index is 1710. The van der Waals surface area contributed by atoms with E-state index in [1.165, 1.54) is 10.9 Å². The Kier molecular flexibility index (Phi) is 6.32. The third kappa shape index (κ3) is 4.69. The number of carbonyl (C=O) groups excluding carboxylic acids is 1. The maximum Gasteiger partial charge on any atom is 0.335 e. The minimum Gasteiger partial charge on any atom is -0.457 e. The molecule has 2 aromatic carbocycles. The van der Waals surface area contributed by atoms with E-state index in [0.717, 1.165) is 12.8 Å². The molecule has 1 atom stereocenters. The second-order valence-corrected chi connectivity index (χ2v) is 10.3. The van der Waals surface area contributed by atoms with Gasteiger partial charge >= 0.3 is 5.69 Å². The van der Waals surface area contributed by atoms with Crippen LogP contribution in [-0.4, -0.2) is 48.5 Å². The fourth-order valence-corrected chi connectivity index (χ4v) is 5.16. The van der Waals surface area contributed by atoms with E-state index in [9.17, 15) is 14.9 Å². The third-order valence-electron chi connectivity index (χ3n) is 7.41. The minimum absolute atomic E-state index is 0.0415. The van der Waals surface area contributed by atoms with Crippen molar-refractivity contribution in [1.29, 1.82) is 5.26 Å². The lowest BCUT2D eigenvalue weighted by atomic mass is 10.0. The van der Waals surface area contributed by atoms with Gasteiger partial charge in [-0.05, 0) is 68.2 Å². The number of nitrogens with zero attached hydrogens (tertiary/aromatic N) is 6. The van der Waals surface area contributed by atoms with Crippen LogP contribution in [0.1, 0.15) is 31.7 Å². The Hall–Kier alpha value is -4.95. The van der Waals surface area contributed by atoms with E-state index in [1.54, 1.807) is 39.8 Å². The molecule has 1 amide bonds. The highest BCUT2D eigenvalue weighted by atomic mass is 16.5. The number of nitrogen functional groups attached to an aromatic ring is 1. The lowest BCUT2D eigenvalue weighted by Crippen LogP contribution is -2.43. The molecule has 6 rings (SSSR count). The first-order valence-electron chi connectivity index (χ1n) is 13.1. The Balaban J connectivity index is 1.34. The Labute approximate surface area is 229 Å². The van der Waals surface area contributed by atoms with E-state index < -0.39 is 5.54 Å². The third-order valence-corrected chi connectivity index (χ3v) is 7.41. The van der Waals surface area contributed by atoms with Crippen LogP contribution in [0.4, 0.5) is 5.82 Å². The number of fused-ring (bicyclic) bond motifs is 1. The fourth-order valence-electron chi connectivity index (χ4n) is 5.16. The van der Waals surface area contributed by atoms with Crippen molar-refractivity contribution in [1.82, 2.24) is 24.0 Å². The Morgan fingerprint density at radius 2 is 1.82 bits per heavy atom. The van der Waals surface area contributed by atoms with Gasteiger partial charge in [0.05, 0.1) is 11.7 Å². The van der Waals surface area contributed by atoms with E-state index >= 15 is 0 Å². The van der Waals surface area contributed by atoms with Gasteiger partial charge in [-0.1, -0.05) is 18.2 Å². The number of hydrogen-bond donors (Lipinski definition) is 2. The number of amides is 1. The standard InChI is InChI=1S/C29H28N8O3/c30-16-19(15-29(32)12-13-29)27(38)35-14-4-5-21(17-35)37-26-24(25(31)33-18-34-26)36(28(37)39)20-8-10-23(11-9-20)40-22-6-2-1-3-7-22/h1-3,6-11,15,18,21H,4-5,12-14,17,32H2,(H2,31,33,34)/t21-/m0/s1. The van der Waals surface area contributed by atoms with Gasteiger partial charge in [-0.3, -0.25) is 13.9 Å². The highest BCUT2D eigenvalue weighted by molar-refractivity contribution is 5.97. The average molecular weight is 537 g/mol. The molecule has 202 valence electrons. The molecule has 0 unspecified atom stereocenters. The predicted molar refractivity (Wildman–Crippen MR) is 149 cm³/mol. The molecule has 11 heteroatoms. The first-order chi connectivity index (χ1) is 19.4. The summed E-state index contributed by atoms with van der Waals surface area (Å²) in [6, 6.07) is 18.2. The zero-order valence-corrected chi connectivity index (χ0v) is 21.7. The molecule has 4 aromatic rings. The zero-order valence-electron chi connectivity index (χ0n) is 21.7. The average Bonchev–Trinajstić information content (AvgIpc) is 3.62. The molecule has 1 saturated heterocycles. The molecule has 1 aliphatic heterocycles. The lowest BCUT2D eigenvalue weighted by Gasteiger charge is -2.33. The summed E-state index contributed by atoms with van der Waals surface area (Å²) in [4.78, 5) is 37.4.